The number of halogens is 2. The molecule has 0 aliphatic heterocycles. The topological polar surface area (TPSA) is 21.1 Å². The number of hydrogen-bond donors (Lipinski definition) is 0. The first-order valence-corrected chi connectivity index (χ1v) is 7.59. The van der Waals surface area contributed by atoms with Crippen LogP contribution >= 0.6 is 15.9 Å². The molecule has 0 atom stereocenters. The molecule has 108 valence electrons. The summed E-state index contributed by atoms with van der Waals surface area (Å²) in [5.41, 5.74) is 2.67. The van der Waals surface area contributed by atoms with Gasteiger partial charge in [-0.25, -0.2) is 4.39 Å². The minimum atomic E-state index is -0.190. The van der Waals surface area contributed by atoms with Crippen molar-refractivity contribution in [3.05, 3.63) is 45.9 Å². The molecule has 2 aromatic rings. The molecule has 1 heterocycles. The Kier molecular flexibility index (Phi) is 4.81. The zero-order valence-electron chi connectivity index (χ0n) is 12.0. The quantitative estimate of drug-likeness (QED) is 0.816. The zero-order valence-corrected chi connectivity index (χ0v) is 13.6. The molecule has 0 saturated heterocycles. The molecular weight excluding hydrogens is 321 g/mol. The van der Waals surface area contributed by atoms with Crippen LogP contribution in [0.25, 0.3) is 0 Å². The lowest BCUT2D eigenvalue weighted by Gasteiger charge is -2.24. The van der Waals surface area contributed by atoms with Gasteiger partial charge in [-0.2, -0.15) is 5.10 Å². The summed E-state index contributed by atoms with van der Waals surface area (Å²) in [5, 5.41) is 4.48. The number of aromatic nitrogens is 2. The summed E-state index contributed by atoms with van der Waals surface area (Å²) in [7, 11) is 0. The third-order valence-corrected chi connectivity index (χ3v) is 4.40. The van der Waals surface area contributed by atoms with Gasteiger partial charge in [0.05, 0.1) is 28.1 Å². The Morgan fingerprint density at radius 3 is 2.60 bits per heavy atom. The molecule has 1 aromatic carbocycles. The summed E-state index contributed by atoms with van der Waals surface area (Å²) in [6.07, 6.45) is 0. The van der Waals surface area contributed by atoms with Crippen molar-refractivity contribution in [2.75, 3.05) is 11.4 Å². The summed E-state index contributed by atoms with van der Waals surface area (Å²) in [4.78, 5) is 2.02. The van der Waals surface area contributed by atoms with E-state index in [1.165, 1.54) is 6.07 Å². The number of rotatable bonds is 5. The standard InChI is InChI=1S/C15H19BrFN3/c1-4-19(13-9-7-6-8-12(13)17)10-14-15(16)11(3)18-20(14)5-2/h6-9H,4-5,10H2,1-3H3. The van der Waals surface area contributed by atoms with E-state index in [2.05, 4.69) is 28.0 Å². The first kappa shape index (κ1) is 15.0. The molecular formula is C15H19BrFN3. The van der Waals surface area contributed by atoms with Crippen molar-refractivity contribution < 1.29 is 4.39 Å². The molecule has 3 nitrogen and oxygen atoms in total. The minimum Gasteiger partial charge on any atom is -0.364 e. The predicted molar refractivity (Wildman–Crippen MR) is 83.5 cm³/mol. The van der Waals surface area contributed by atoms with Crippen molar-refractivity contribution >= 4 is 21.6 Å². The van der Waals surface area contributed by atoms with Crippen LogP contribution in [-0.2, 0) is 13.1 Å². The smallest absolute Gasteiger partial charge is 0.146 e. The van der Waals surface area contributed by atoms with E-state index >= 15 is 0 Å². The van der Waals surface area contributed by atoms with Gasteiger partial charge in [-0.05, 0) is 48.8 Å². The van der Waals surface area contributed by atoms with Crippen molar-refractivity contribution in [3.8, 4) is 0 Å². The number of aryl methyl sites for hydroxylation is 2. The normalized spacial score (nSPS) is 10.8. The van der Waals surface area contributed by atoms with Gasteiger partial charge in [0.15, 0.2) is 0 Å². The summed E-state index contributed by atoms with van der Waals surface area (Å²) in [6, 6.07) is 6.88. The number of benzene rings is 1. The summed E-state index contributed by atoms with van der Waals surface area (Å²) < 4.78 is 16.9. The number of nitrogens with zero attached hydrogens (tertiary/aromatic N) is 3. The molecule has 0 radical (unpaired) electrons. The Morgan fingerprint density at radius 2 is 2.00 bits per heavy atom. The van der Waals surface area contributed by atoms with Gasteiger partial charge in [-0.1, -0.05) is 12.1 Å². The zero-order chi connectivity index (χ0) is 14.7. The number of hydrogen-bond acceptors (Lipinski definition) is 2. The van der Waals surface area contributed by atoms with Gasteiger partial charge in [0.2, 0.25) is 0 Å². The fraction of sp³-hybridized carbons (Fsp3) is 0.400. The SMILES string of the molecule is CCN(Cc1c(Br)c(C)nn1CC)c1ccccc1F. The fourth-order valence-electron chi connectivity index (χ4n) is 2.28. The van der Waals surface area contributed by atoms with Crippen molar-refractivity contribution in [2.24, 2.45) is 0 Å². The lowest BCUT2D eigenvalue weighted by Crippen LogP contribution is -2.25. The van der Waals surface area contributed by atoms with Crippen LogP contribution in [0.1, 0.15) is 25.2 Å². The highest BCUT2D eigenvalue weighted by Gasteiger charge is 2.17. The van der Waals surface area contributed by atoms with Gasteiger partial charge in [-0.15, -0.1) is 0 Å². The largest absolute Gasteiger partial charge is 0.364 e. The maximum atomic E-state index is 13.9. The maximum absolute atomic E-state index is 13.9. The van der Waals surface area contributed by atoms with Crippen LogP contribution < -0.4 is 4.90 Å². The van der Waals surface area contributed by atoms with Gasteiger partial charge in [0.1, 0.15) is 5.82 Å². The highest BCUT2D eigenvalue weighted by atomic mass is 79.9. The Balaban J connectivity index is 2.34. The first-order chi connectivity index (χ1) is 9.58. The summed E-state index contributed by atoms with van der Waals surface area (Å²) >= 11 is 3.59. The molecule has 0 aliphatic rings. The van der Waals surface area contributed by atoms with Gasteiger partial charge < -0.3 is 4.90 Å². The van der Waals surface area contributed by atoms with Gasteiger partial charge >= 0.3 is 0 Å². The van der Waals surface area contributed by atoms with Gasteiger partial charge in [0, 0.05) is 13.1 Å². The molecule has 0 amide bonds. The van der Waals surface area contributed by atoms with Crippen molar-refractivity contribution in [2.45, 2.75) is 33.9 Å². The van der Waals surface area contributed by atoms with E-state index in [0.29, 0.717) is 12.2 Å². The van der Waals surface area contributed by atoms with Crippen molar-refractivity contribution in [3.63, 3.8) is 0 Å². The number of para-hydroxylation sites is 1. The summed E-state index contributed by atoms with van der Waals surface area (Å²) in [6.45, 7) is 8.23. The third-order valence-electron chi connectivity index (χ3n) is 3.37. The van der Waals surface area contributed by atoms with E-state index in [4.69, 9.17) is 0 Å². The number of anilines is 1. The molecule has 20 heavy (non-hydrogen) atoms. The Hall–Kier alpha value is -1.36. The van der Waals surface area contributed by atoms with Crippen LogP contribution in [0.15, 0.2) is 28.7 Å². The highest BCUT2D eigenvalue weighted by Crippen LogP contribution is 2.26. The molecule has 0 fully saturated rings. The second-order valence-corrected chi connectivity index (χ2v) is 5.42. The Morgan fingerprint density at radius 1 is 1.30 bits per heavy atom. The fourth-order valence-corrected chi connectivity index (χ4v) is 2.69. The van der Waals surface area contributed by atoms with E-state index in [0.717, 1.165) is 29.0 Å². The molecule has 5 heteroatoms. The van der Waals surface area contributed by atoms with Gasteiger partial charge in [0.25, 0.3) is 0 Å². The lowest BCUT2D eigenvalue weighted by molar-refractivity contribution is 0.593. The molecule has 0 saturated carbocycles. The predicted octanol–water partition coefficient (Wildman–Crippen LogP) is 4.14. The van der Waals surface area contributed by atoms with Crippen LogP contribution in [0.4, 0.5) is 10.1 Å². The average Bonchev–Trinajstić information content (AvgIpc) is 2.73. The first-order valence-electron chi connectivity index (χ1n) is 6.79. The van der Waals surface area contributed by atoms with Crippen LogP contribution in [-0.4, -0.2) is 16.3 Å². The molecule has 0 aliphatic carbocycles. The molecule has 0 bridgehead atoms. The highest BCUT2D eigenvalue weighted by molar-refractivity contribution is 9.10. The van der Waals surface area contributed by atoms with Crippen molar-refractivity contribution in [1.82, 2.24) is 9.78 Å². The minimum absolute atomic E-state index is 0.190. The monoisotopic (exact) mass is 339 g/mol. The van der Waals surface area contributed by atoms with Crippen LogP contribution in [0, 0.1) is 12.7 Å². The maximum Gasteiger partial charge on any atom is 0.146 e. The van der Waals surface area contributed by atoms with E-state index in [1.807, 2.05) is 35.6 Å². The Bertz CT molecular complexity index is 595. The van der Waals surface area contributed by atoms with Crippen LogP contribution in [0.3, 0.4) is 0 Å². The van der Waals surface area contributed by atoms with E-state index in [9.17, 15) is 4.39 Å². The van der Waals surface area contributed by atoms with Gasteiger partial charge in [-0.3, -0.25) is 4.68 Å². The second kappa shape index (κ2) is 6.39. The molecule has 0 N–H and O–H groups in total. The third kappa shape index (κ3) is 2.87. The Labute approximate surface area is 127 Å². The summed E-state index contributed by atoms with van der Waals surface area (Å²) in [5.74, 6) is -0.190. The molecule has 0 spiro atoms. The van der Waals surface area contributed by atoms with Crippen LogP contribution in [0.2, 0.25) is 0 Å². The van der Waals surface area contributed by atoms with E-state index in [1.54, 1.807) is 6.07 Å². The van der Waals surface area contributed by atoms with Crippen molar-refractivity contribution in [1.29, 1.82) is 0 Å². The lowest BCUT2D eigenvalue weighted by atomic mass is 10.2. The molecule has 0 unspecified atom stereocenters. The van der Waals surface area contributed by atoms with E-state index < -0.39 is 0 Å². The van der Waals surface area contributed by atoms with Crippen LogP contribution in [0.5, 0.6) is 0 Å². The van der Waals surface area contributed by atoms with E-state index in [-0.39, 0.29) is 5.82 Å². The average molecular weight is 340 g/mol. The molecule has 1 aromatic heterocycles. The second-order valence-electron chi connectivity index (χ2n) is 4.63. The molecule has 2 rings (SSSR count).